The van der Waals surface area contributed by atoms with Gasteiger partial charge in [-0.25, -0.2) is 0 Å². The number of carbonyl (C=O) groups excluding carboxylic acids is 3. The number of amides is 1. The van der Waals surface area contributed by atoms with E-state index < -0.39 is 0 Å². The number of fused-ring (bicyclic) bond motifs is 7. The number of ketones is 1. The van der Waals surface area contributed by atoms with Crippen molar-refractivity contribution in [1.29, 1.82) is 0 Å². The summed E-state index contributed by atoms with van der Waals surface area (Å²) in [6, 6.07) is 0. The van der Waals surface area contributed by atoms with Crippen molar-refractivity contribution in [3.63, 3.8) is 0 Å². The number of carbonyl (C=O) groups is 3. The molecule has 0 aromatic heterocycles. The molecular formula is C31H45NO4. The van der Waals surface area contributed by atoms with Crippen LogP contribution in [0.1, 0.15) is 92.9 Å². The lowest BCUT2D eigenvalue weighted by atomic mass is 9.47. The van der Waals surface area contributed by atoms with Crippen LogP contribution in [0, 0.1) is 46.3 Å². The number of esters is 1. The van der Waals surface area contributed by atoms with E-state index in [1.54, 1.807) is 6.92 Å². The molecule has 5 aliphatic rings. The number of allylic oxidation sites excluding steroid dienone is 3. The van der Waals surface area contributed by atoms with Gasteiger partial charge >= 0.3 is 5.97 Å². The maximum Gasteiger partial charge on any atom is 0.302 e. The Hall–Kier alpha value is -1.91. The Morgan fingerprint density at radius 1 is 1.14 bits per heavy atom. The average molecular weight is 496 g/mol. The van der Waals surface area contributed by atoms with E-state index in [0.717, 1.165) is 44.1 Å². The Bertz CT molecular complexity index is 1030. The Morgan fingerprint density at radius 2 is 1.89 bits per heavy atom. The summed E-state index contributed by atoms with van der Waals surface area (Å²) in [6.45, 7) is 13.0. The molecule has 9 atom stereocenters. The minimum absolute atomic E-state index is 0.00552. The van der Waals surface area contributed by atoms with Crippen LogP contribution in [-0.4, -0.2) is 30.3 Å². The minimum Gasteiger partial charge on any atom is -0.462 e. The Labute approximate surface area is 216 Å². The first-order valence-electron chi connectivity index (χ1n) is 14.3. The van der Waals surface area contributed by atoms with Crippen molar-refractivity contribution < 1.29 is 19.1 Å². The summed E-state index contributed by atoms with van der Waals surface area (Å²) < 4.78 is 5.61. The molecule has 198 valence electrons. The SMILES string of the molecule is CC(=O)NC[C@H](C)CC1=C2C[C@@H]3[C@H]4CC=C5C[C@@H](OC(C)=O)CC[C@]5(C)[C@@H]4CC[C@]3(C)[C@@H]2[C@H](C)C1=O. The molecule has 5 heteroatoms. The summed E-state index contributed by atoms with van der Waals surface area (Å²) in [5.41, 5.74) is 4.50. The molecule has 5 nitrogen and oxygen atoms in total. The fourth-order valence-electron chi connectivity index (χ4n) is 9.58. The number of Topliss-reactive ketones (excluding diaryl/α,β-unsaturated/α-hetero) is 1. The zero-order valence-electron chi connectivity index (χ0n) is 23.1. The largest absolute Gasteiger partial charge is 0.462 e. The van der Waals surface area contributed by atoms with Crippen LogP contribution < -0.4 is 5.32 Å². The van der Waals surface area contributed by atoms with Gasteiger partial charge in [0.15, 0.2) is 5.78 Å². The van der Waals surface area contributed by atoms with Gasteiger partial charge in [0.25, 0.3) is 0 Å². The highest BCUT2D eigenvalue weighted by molar-refractivity contribution is 6.01. The standard InChI is InChI=1S/C31H45NO4/c1-17(16-32-19(3)33)13-25-24-15-27-23-8-7-21-14-22(36-20(4)34)9-11-30(21,5)26(23)10-12-31(27,6)28(24)18(2)29(25)35/h7,17-18,22-23,26-28H,8-16H2,1-6H3,(H,32,33)/t17-,18+,22+,23+,26-,27-,28-,30+,31+/m1/s1. The third-order valence-corrected chi connectivity index (χ3v) is 11.2. The van der Waals surface area contributed by atoms with Gasteiger partial charge in [-0.2, -0.15) is 0 Å². The monoisotopic (exact) mass is 495 g/mol. The van der Waals surface area contributed by atoms with Crippen molar-refractivity contribution in [2.45, 2.75) is 99.0 Å². The second-order valence-corrected chi connectivity index (χ2v) is 13.4. The summed E-state index contributed by atoms with van der Waals surface area (Å²) in [5, 5.41) is 2.94. The maximum atomic E-state index is 13.4. The van der Waals surface area contributed by atoms with E-state index in [-0.39, 0.29) is 40.6 Å². The molecule has 36 heavy (non-hydrogen) atoms. The average Bonchev–Trinajstić information content (AvgIpc) is 3.24. The Balaban J connectivity index is 1.40. The van der Waals surface area contributed by atoms with Gasteiger partial charge in [0.05, 0.1) is 0 Å². The van der Waals surface area contributed by atoms with Gasteiger partial charge in [-0.15, -0.1) is 0 Å². The lowest BCUT2D eigenvalue weighted by Gasteiger charge is -2.58. The van der Waals surface area contributed by atoms with Crippen molar-refractivity contribution >= 4 is 17.7 Å². The second kappa shape index (κ2) is 9.13. The second-order valence-electron chi connectivity index (χ2n) is 13.4. The molecule has 0 aliphatic heterocycles. The van der Waals surface area contributed by atoms with Gasteiger partial charge < -0.3 is 10.1 Å². The number of ether oxygens (including phenoxy) is 1. The van der Waals surface area contributed by atoms with E-state index in [1.807, 2.05) is 0 Å². The molecular weight excluding hydrogens is 450 g/mol. The van der Waals surface area contributed by atoms with Crippen LogP contribution in [-0.2, 0) is 19.1 Å². The van der Waals surface area contributed by atoms with Crippen molar-refractivity contribution in [2.75, 3.05) is 6.54 Å². The van der Waals surface area contributed by atoms with Crippen LogP contribution >= 0.6 is 0 Å². The summed E-state index contributed by atoms with van der Waals surface area (Å²) >= 11 is 0. The highest BCUT2D eigenvalue weighted by atomic mass is 16.5. The molecule has 0 heterocycles. The Morgan fingerprint density at radius 3 is 2.58 bits per heavy atom. The lowest BCUT2D eigenvalue weighted by Crippen LogP contribution is -2.51. The van der Waals surface area contributed by atoms with Gasteiger partial charge in [-0.1, -0.05) is 44.9 Å². The number of hydrogen-bond donors (Lipinski definition) is 1. The summed E-state index contributed by atoms with van der Waals surface area (Å²) in [7, 11) is 0. The van der Waals surface area contributed by atoms with Crippen molar-refractivity contribution in [3.8, 4) is 0 Å². The van der Waals surface area contributed by atoms with Gasteiger partial charge in [0, 0.05) is 32.7 Å². The van der Waals surface area contributed by atoms with Gasteiger partial charge in [0.1, 0.15) is 6.10 Å². The predicted octanol–water partition coefficient (Wildman–Crippen LogP) is 5.78. The fourth-order valence-corrected chi connectivity index (χ4v) is 9.58. The topological polar surface area (TPSA) is 72.5 Å². The zero-order chi connectivity index (χ0) is 26.0. The highest BCUT2D eigenvalue weighted by Gasteiger charge is 2.63. The molecule has 3 fully saturated rings. The van der Waals surface area contributed by atoms with Crippen molar-refractivity contribution in [3.05, 3.63) is 22.8 Å². The lowest BCUT2D eigenvalue weighted by molar-refractivity contribution is -0.148. The van der Waals surface area contributed by atoms with E-state index in [4.69, 9.17) is 4.74 Å². The molecule has 0 spiro atoms. The number of hydrogen-bond acceptors (Lipinski definition) is 4. The van der Waals surface area contributed by atoms with Gasteiger partial charge in [-0.3, -0.25) is 14.4 Å². The molecule has 5 aliphatic carbocycles. The van der Waals surface area contributed by atoms with Gasteiger partial charge in [0.2, 0.25) is 5.91 Å². The maximum absolute atomic E-state index is 13.4. The quantitative estimate of drug-likeness (QED) is 0.387. The molecule has 3 saturated carbocycles. The molecule has 0 aromatic carbocycles. The van der Waals surface area contributed by atoms with Crippen LogP contribution in [0.4, 0.5) is 0 Å². The minimum atomic E-state index is -0.164. The third-order valence-electron chi connectivity index (χ3n) is 11.2. The predicted molar refractivity (Wildman–Crippen MR) is 140 cm³/mol. The first-order valence-corrected chi connectivity index (χ1v) is 14.3. The van der Waals surface area contributed by atoms with E-state index in [9.17, 15) is 14.4 Å². The Kier molecular flexibility index (Phi) is 6.53. The molecule has 0 unspecified atom stereocenters. The number of rotatable bonds is 5. The van der Waals surface area contributed by atoms with Crippen LogP contribution in [0.5, 0.6) is 0 Å². The highest BCUT2D eigenvalue weighted by Crippen LogP contribution is 2.70. The first-order chi connectivity index (χ1) is 17.0. The fraction of sp³-hybridized carbons (Fsp3) is 0.774. The molecule has 0 saturated heterocycles. The third kappa shape index (κ3) is 4.00. The summed E-state index contributed by atoms with van der Waals surface area (Å²) in [6.07, 6.45) is 11.0. The summed E-state index contributed by atoms with van der Waals surface area (Å²) in [5.74, 6) is 2.91. The van der Waals surface area contributed by atoms with E-state index >= 15 is 0 Å². The summed E-state index contributed by atoms with van der Waals surface area (Å²) in [4.78, 5) is 36.4. The van der Waals surface area contributed by atoms with E-state index in [0.29, 0.717) is 36.0 Å². The van der Waals surface area contributed by atoms with Crippen LogP contribution in [0.3, 0.4) is 0 Å². The van der Waals surface area contributed by atoms with E-state index in [2.05, 4.69) is 39.1 Å². The van der Waals surface area contributed by atoms with Crippen LogP contribution in [0.2, 0.25) is 0 Å². The van der Waals surface area contributed by atoms with Crippen molar-refractivity contribution in [1.82, 2.24) is 5.32 Å². The first kappa shape index (κ1) is 25.7. The molecule has 0 aromatic rings. The molecule has 0 bridgehead atoms. The zero-order valence-corrected chi connectivity index (χ0v) is 23.1. The van der Waals surface area contributed by atoms with Crippen LogP contribution in [0.25, 0.3) is 0 Å². The molecule has 0 radical (unpaired) electrons. The van der Waals surface area contributed by atoms with Crippen LogP contribution in [0.15, 0.2) is 22.8 Å². The van der Waals surface area contributed by atoms with E-state index in [1.165, 1.54) is 30.9 Å². The van der Waals surface area contributed by atoms with Gasteiger partial charge in [-0.05, 0) is 90.9 Å². The molecule has 1 N–H and O–H groups in total. The molecule has 1 amide bonds. The molecule has 5 rings (SSSR count). The van der Waals surface area contributed by atoms with Crippen molar-refractivity contribution in [2.24, 2.45) is 46.3 Å². The normalized spacial score (nSPS) is 42.1. The smallest absolute Gasteiger partial charge is 0.302 e. The number of nitrogens with one attached hydrogen (secondary N) is 1.